The number of ether oxygens (including phenoxy) is 2. The lowest BCUT2D eigenvalue weighted by atomic mass is 10.1. The molecule has 30 heavy (non-hydrogen) atoms. The van der Waals surface area contributed by atoms with E-state index in [4.69, 9.17) is 9.47 Å². The molecule has 3 rings (SSSR count). The molecule has 0 saturated heterocycles. The van der Waals surface area contributed by atoms with E-state index in [2.05, 4.69) is 16.3 Å². The number of amides is 1. The highest BCUT2D eigenvalue weighted by Gasteiger charge is 2.21. The van der Waals surface area contributed by atoms with Crippen molar-refractivity contribution in [3.8, 4) is 17.6 Å². The molecule has 1 aliphatic carbocycles. The molecule has 1 aromatic heterocycles. The van der Waals surface area contributed by atoms with Crippen molar-refractivity contribution in [2.75, 3.05) is 33.1 Å². The molecule has 1 amide bonds. The summed E-state index contributed by atoms with van der Waals surface area (Å²) in [6.45, 7) is 1.32. The van der Waals surface area contributed by atoms with Crippen LogP contribution in [0, 0.1) is 11.3 Å². The van der Waals surface area contributed by atoms with Crippen LogP contribution in [0.2, 0.25) is 0 Å². The Morgan fingerprint density at radius 1 is 1.20 bits per heavy atom. The Labute approximate surface area is 182 Å². The second kappa shape index (κ2) is 10.5. The van der Waals surface area contributed by atoms with Crippen LogP contribution in [0.25, 0.3) is 0 Å². The molecule has 0 unspecified atom stereocenters. The largest absolute Gasteiger partial charge is 0.493 e. The van der Waals surface area contributed by atoms with E-state index < -0.39 is 0 Å². The number of nitrogens with one attached hydrogen (secondary N) is 1. The van der Waals surface area contributed by atoms with Gasteiger partial charge in [-0.25, -0.2) is 0 Å². The van der Waals surface area contributed by atoms with Gasteiger partial charge in [0.1, 0.15) is 11.1 Å². The highest BCUT2D eigenvalue weighted by Crippen LogP contribution is 2.37. The van der Waals surface area contributed by atoms with Gasteiger partial charge in [0.25, 0.3) is 0 Å². The number of fused-ring (bicyclic) bond motifs is 1. The SMILES string of the molecule is COc1ccc(CN(C)CCC(=O)Nc2sc3c(c2C#N)CCCCC3)cc1OC. The third kappa shape index (κ3) is 5.32. The zero-order valence-electron chi connectivity index (χ0n) is 17.9. The number of hydrogen-bond acceptors (Lipinski definition) is 6. The van der Waals surface area contributed by atoms with Gasteiger partial charge in [0.2, 0.25) is 5.91 Å². The second-order valence-corrected chi connectivity index (χ2v) is 8.71. The first-order chi connectivity index (χ1) is 14.5. The molecule has 7 heteroatoms. The van der Waals surface area contributed by atoms with Gasteiger partial charge in [-0.3, -0.25) is 4.79 Å². The van der Waals surface area contributed by atoms with Gasteiger partial charge in [0.15, 0.2) is 11.5 Å². The summed E-state index contributed by atoms with van der Waals surface area (Å²) in [7, 11) is 5.22. The van der Waals surface area contributed by atoms with Gasteiger partial charge in [0, 0.05) is 24.4 Å². The molecular formula is C23H29N3O3S. The Balaban J connectivity index is 1.55. The molecule has 6 nitrogen and oxygen atoms in total. The molecular weight excluding hydrogens is 398 g/mol. The van der Waals surface area contributed by atoms with E-state index in [1.165, 1.54) is 11.3 Å². The standard InChI is InChI=1S/C23H29N3O3S/c1-26(15-16-9-10-19(28-2)20(13-16)29-3)12-11-22(27)25-23-18(14-24)17-7-5-4-6-8-21(17)30-23/h9-10,13H,4-8,11-12,15H2,1-3H3,(H,25,27). The van der Waals surface area contributed by atoms with Gasteiger partial charge in [0.05, 0.1) is 19.8 Å². The van der Waals surface area contributed by atoms with Crippen LogP contribution in [0.1, 0.15) is 47.3 Å². The maximum Gasteiger partial charge on any atom is 0.226 e. The van der Waals surface area contributed by atoms with E-state index in [1.54, 1.807) is 25.6 Å². The zero-order valence-corrected chi connectivity index (χ0v) is 18.7. The predicted octanol–water partition coefficient (Wildman–Crippen LogP) is 4.37. The minimum Gasteiger partial charge on any atom is -0.493 e. The van der Waals surface area contributed by atoms with Crippen molar-refractivity contribution in [3.05, 3.63) is 39.8 Å². The number of carbonyl (C=O) groups is 1. The number of rotatable bonds is 8. The van der Waals surface area contributed by atoms with E-state index in [1.807, 2.05) is 25.2 Å². The molecule has 0 spiro atoms. The van der Waals surface area contributed by atoms with Crippen molar-refractivity contribution < 1.29 is 14.3 Å². The number of hydrogen-bond donors (Lipinski definition) is 1. The summed E-state index contributed by atoms with van der Waals surface area (Å²) in [6, 6.07) is 8.15. The predicted molar refractivity (Wildman–Crippen MR) is 119 cm³/mol. The van der Waals surface area contributed by atoms with Gasteiger partial charge < -0.3 is 19.7 Å². The maximum absolute atomic E-state index is 12.5. The molecule has 0 radical (unpaired) electrons. The van der Waals surface area contributed by atoms with Gasteiger partial charge >= 0.3 is 0 Å². The van der Waals surface area contributed by atoms with Crippen LogP contribution in [-0.4, -0.2) is 38.6 Å². The minimum atomic E-state index is -0.0536. The van der Waals surface area contributed by atoms with Crippen LogP contribution in [0.3, 0.4) is 0 Å². The summed E-state index contributed by atoms with van der Waals surface area (Å²) in [5.74, 6) is 1.34. The van der Waals surface area contributed by atoms with Gasteiger partial charge in [-0.15, -0.1) is 11.3 Å². The number of benzene rings is 1. The summed E-state index contributed by atoms with van der Waals surface area (Å²) in [6.07, 6.45) is 5.81. The zero-order chi connectivity index (χ0) is 21.5. The molecule has 0 saturated carbocycles. The van der Waals surface area contributed by atoms with Gasteiger partial charge in [-0.05, 0) is 56.0 Å². The molecule has 2 aromatic rings. The molecule has 0 bridgehead atoms. The van der Waals surface area contributed by atoms with Gasteiger partial charge in [-0.2, -0.15) is 5.26 Å². The molecule has 1 N–H and O–H groups in total. The van der Waals surface area contributed by atoms with Crippen LogP contribution in [0.4, 0.5) is 5.00 Å². The summed E-state index contributed by atoms with van der Waals surface area (Å²) >= 11 is 1.58. The second-order valence-electron chi connectivity index (χ2n) is 7.61. The molecule has 1 aromatic carbocycles. The van der Waals surface area contributed by atoms with Crippen molar-refractivity contribution in [2.45, 2.75) is 45.1 Å². The monoisotopic (exact) mass is 427 g/mol. The van der Waals surface area contributed by atoms with Crippen molar-refractivity contribution >= 4 is 22.2 Å². The summed E-state index contributed by atoms with van der Waals surface area (Å²) in [5, 5.41) is 13.3. The number of thiophene rings is 1. The Morgan fingerprint density at radius 3 is 2.70 bits per heavy atom. The molecule has 1 heterocycles. The van der Waals surface area contributed by atoms with E-state index in [0.29, 0.717) is 36.6 Å². The third-order valence-electron chi connectivity index (χ3n) is 5.41. The molecule has 0 atom stereocenters. The maximum atomic E-state index is 12.5. The van der Waals surface area contributed by atoms with Crippen molar-refractivity contribution in [2.24, 2.45) is 0 Å². The van der Waals surface area contributed by atoms with E-state index in [9.17, 15) is 10.1 Å². The van der Waals surface area contributed by atoms with E-state index in [-0.39, 0.29) is 5.91 Å². The normalized spacial score (nSPS) is 13.3. The summed E-state index contributed by atoms with van der Waals surface area (Å²) in [5.41, 5.74) is 2.91. The first kappa shape index (κ1) is 22.1. The number of methoxy groups -OCH3 is 2. The molecule has 0 aliphatic heterocycles. The average Bonchev–Trinajstić information content (AvgIpc) is 2.90. The topological polar surface area (TPSA) is 74.6 Å². The quantitative estimate of drug-likeness (QED) is 0.634. The minimum absolute atomic E-state index is 0.0536. The fourth-order valence-corrected chi connectivity index (χ4v) is 5.06. The van der Waals surface area contributed by atoms with E-state index >= 15 is 0 Å². The van der Waals surface area contributed by atoms with Crippen LogP contribution in [-0.2, 0) is 24.2 Å². The number of carbonyl (C=O) groups excluding carboxylic acids is 1. The highest BCUT2D eigenvalue weighted by atomic mass is 32.1. The first-order valence-electron chi connectivity index (χ1n) is 10.3. The van der Waals surface area contributed by atoms with Crippen LogP contribution in [0.15, 0.2) is 18.2 Å². The Hall–Kier alpha value is -2.56. The van der Waals surface area contributed by atoms with Crippen molar-refractivity contribution in [1.29, 1.82) is 5.26 Å². The first-order valence-corrected chi connectivity index (χ1v) is 11.1. The summed E-state index contributed by atoms with van der Waals surface area (Å²) in [4.78, 5) is 15.9. The third-order valence-corrected chi connectivity index (χ3v) is 6.61. The van der Waals surface area contributed by atoms with Crippen LogP contribution in [0.5, 0.6) is 11.5 Å². The summed E-state index contributed by atoms with van der Waals surface area (Å²) < 4.78 is 10.6. The fraction of sp³-hybridized carbons (Fsp3) is 0.478. The molecule has 1 aliphatic rings. The smallest absolute Gasteiger partial charge is 0.226 e. The van der Waals surface area contributed by atoms with Crippen LogP contribution < -0.4 is 14.8 Å². The lowest BCUT2D eigenvalue weighted by Gasteiger charge is -2.17. The average molecular weight is 428 g/mol. The van der Waals surface area contributed by atoms with Crippen molar-refractivity contribution in [1.82, 2.24) is 4.90 Å². The lowest BCUT2D eigenvalue weighted by Crippen LogP contribution is -2.24. The number of aryl methyl sites for hydroxylation is 1. The number of nitriles is 1. The number of nitrogens with zero attached hydrogens (tertiary/aromatic N) is 2. The molecule has 0 fully saturated rings. The number of anilines is 1. The molecule has 160 valence electrons. The Kier molecular flexibility index (Phi) is 7.72. The van der Waals surface area contributed by atoms with Crippen LogP contribution >= 0.6 is 11.3 Å². The Bertz CT molecular complexity index is 933. The van der Waals surface area contributed by atoms with E-state index in [0.717, 1.165) is 41.8 Å². The van der Waals surface area contributed by atoms with Gasteiger partial charge in [-0.1, -0.05) is 12.5 Å². The van der Waals surface area contributed by atoms with Crippen molar-refractivity contribution in [3.63, 3.8) is 0 Å². The fourth-order valence-electron chi connectivity index (χ4n) is 3.80. The lowest BCUT2D eigenvalue weighted by molar-refractivity contribution is -0.116. The highest BCUT2D eigenvalue weighted by molar-refractivity contribution is 7.16. The Morgan fingerprint density at radius 2 is 1.97 bits per heavy atom.